The van der Waals surface area contributed by atoms with Crippen molar-refractivity contribution >= 4 is 27.3 Å². The van der Waals surface area contributed by atoms with E-state index in [2.05, 4.69) is 9.64 Å². The Labute approximate surface area is 242 Å². The minimum Gasteiger partial charge on any atom is -0.406 e. The topological polar surface area (TPSA) is 70.2 Å². The third-order valence-electron chi connectivity index (χ3n) is 6.88. The normalized spacial score (nSPS) is 14.0. The number of rotatable bonds is 8. The Balaban J connectivity index is 1.37. The van der Waals surface area contributed by atoms with E-state index in [1.807, 2.05) is 30.3 Å². The van der Waals surface area contributed by atoms with Gasteiger partial charge in [0.1, 0.15) is 5.75 Å². The predicted octanol–water partition coefficient (Wildman–Crippen LogP) is 5.94. The quantitative estimate of drug-likeness (QED) is 0.252. The van der Waals surface area contributed by atoms with Gasteiger partial charge in [0.15, 0.2) is 0 Å². The smallest absolute Gasteiger partial charge is 0.406 e. The monoisotopic (exact) mass is 595 g/mol. The second-order valence-corrected chi connectivity index (χ2v) is 11.5. The molecule has 0 aliphatic carbocycles. The molecular weight excluding hydrogens is 567 g/mol. The molecule has 0 unspecified atom stereocenters. The zero-order valence-corrected chi connectivity index (χ0v) is 23.3. The molecule has 0 aromatic heterocycles. The van der Waals surface area contributed by atoms with E-state index < -0.39 is 22.1 Å². The number of hydrogen-bond acceptors (Lipinski definition) is 5. The largest absolute Gasteiger partial charge is 0.573 e. The molecule has 1 aliphatic rings. The molecule has 0 N–H and O–H groups in total. The summed E-state index contributed by atoms with van der Waals surface area (Å²) in [5, 5.41) is 0. The van der Waals surface area contributed by atoms with Gasteiger partial charge in [0, 0.05) is 37.4 Å². The van der Waals surface area contributed by atoms with Gasteiger partial charge in [-0.05, 0) is 66.2 Å². The highest BCUT2D eigenvalue weighted by molar-refractivity contribution is 7.92. The zero-order valence-electron chi connectivity index (χ0n) is 22.4. The molecule has 0 bridgehead atoms. The number of para-hydroxylation sites is 1. The van der Waals surface area contributed by atoms with Crippen molar-refractivity contribution in [2.75, 3.05) is 35.4 Å². The van der Waals surface area contributed by atoms with Crippen LogP contribution in [0.4, 0.5) is 24.5 Å². The molecule has 218 valence electrons. The lowest BCUT2D eigenvalue weighted by atomic mass is 10.1. The first kappa shape index (κ1) is 29.0. The summed E-state index contributed by atoms with van der Waals surface area (Å²) in [6, 6.07) is 29.1. The van der Waals surface area contributed by atoms with Gasteiger partial charge in [-0.15, -0.1) is 13.2 Å². The molecule has 11 heteroatoms. The van der Waals surface area contributed by atoms with Crippen molar-refractivity contribution in [1.29, 1.82) is 0 Å². The first-order valence-corrected chi connectivity index (χ1v) is 14.7. The van der Waals surface area contributed by atoms with Gasteiger partial charge < -0.3 is 14.5 Å². The molecule has 7 nitrogen and oxygen atoms in total. The molecule has 1 amide bonds. The molecule has 1 fully saturated rings. The van der Waals surface area contributed by atoms with E-state index in [-0.39, 0.29) is 28.6 Å². The van der Waals surface area contributed by atoms with Crippen LogP contribution in [0.15, 0.2) is 114 Å². The second-order valence-electron chi connectivity index (χ2n) is 9.68. The maximum Gasteiger partial charge on any atom is 0.573 e. The predicted molar refractivity (Wildman–Crippen MR) is 154 cm³/mol. The summed E-state index contributed by atoms with van der Waals surface area (Å²) >= 11 is 0. The van der Waals surface area contributed by atoms with E-state index in [0.29, 0.717) is 31.7 Å². The van der Waals surface area contributed by atoms with Gasteiger partial charge in [-0.1, -0.05) is 48.5 Å². The maximum absolute atomic E-state index is 13.7. The van der Waals surface area contributed by atoms with Gasteiger partial charge >= 0.3 is 6.36 Å². The average Bonchev–Trinajstić information content (AvgIpc) is 3.00. The number of carbonyl (C=O) groups excluding carboxylic acids is 1. The van der Waals surface area contributed by atoms with Crippen molar-refractivity contribution in [3.05, 3.63) is 120 Å². The number of sulfonamides is 1. The molecule has 5 rings (SSSR count). The fraction of sp³-hybridized carbons (Fsp3) is 0.194. The summed E-state index contributed by atoms with van der Waals surface area (Å²) in [5.74, 6) is -0.617. The lowest BCUT2D eigenvalue weighted by Gasteiger charge is -2.36. The SMILES string of the molecule is O=C(c1ccc(N(Cc2cccc(OC(F)(F)F)c2)S(=O)(=O)c2ccccc2)cc1)N1CCN(c2ccccc2)CC1. The molecular formula is C31H28F3N3O4S. The number of ether oxygens (including phenoxy) is 1. The third kappa shape index (κ3) is 6.85. The van der Waals surface area contributed by atoms with Gasteiger partial charge in [-0.25, -0.2) is 8.42 Å². The van der Waals surface area contributed by atoms with Crippen LogP contribution in [-0.4, -0.2) is 51.8 Å². The number of nitrogens with zero attached hydrogens (tertiary/aromatic N) is 3. The lowest BCUT2D eigenvalue weighted by molar-refractivity contribution is -0.274. The first-order chi connectivity index (χ1) is 20.1. The summed E-state index contributed by atoms with van der Waals surface area (Å²) in [7, 11) is -4.12. The number of carbonyl (C=O) groups is 1. The molecule has 0 atom stereocenters. The van der Waals surface area contributed by atoms with Crippen LogP contribution >= 0.6 is 0 Å². The van der Waals surface area contributed by atoms with Gasteiger partial charge in [-0.2, -0.15) is 0 Å². The number of alkyl halides is 3. The van der Waals surface area contributed by atoms with Gasteiger partial charge in [0.2, 0.25) is 0 Å². The number of benzene rings is 4. The van der Waals surface area contributed by atoms with Crippen molar-refractivity contribution in [2.45, 2.75) is 17.8 Å². The number of halogens is 3. The van der Waals surface area contributed by atoms with Crippen molar-refractivity contribution in [2.24, 2.45) is 0 Å². The zero-order chi connectivity index (χ0) is 29.7. The molecule has 4 aromatic carbocycles. The molecule has 0 radical (unpaired) electrons. The third-order valence-corrected chi connectivity index (χ3v) is 8.67. The van der Waals surface area contributed by atoms with Gasteiger partial charge in [0.25, 0.3) is 15.9 Å². The second kappa shape index (κ2) is 12.2. The number of anilines is 2. The van der Waals surface area contributed by atoms with E-state index in [1.54, 1.807) is 35.2 Å². The molecule has 1 saturated heterocycles. The molecule has 1 aliphatic heterocycles. The fourth-order valence-electron chi connectivity index (χ4n) is 4.80. The van der Waals surface area contributed by atoms with Crippen LogP contribution in [0.2, 0.25) is 0 Å². The van der Waals surface area contributed by atoms with E-state index in [1.165, 1.54) is 36.4 Å². The van der Waals surface area contributed by atoms with E-state index in [0.717, 1.165) is 22.1 Å². The van der Waals surface area contributed by atoms with Gasteiger partial charge in [0.05, 0.1) is 17.1 Å². The fourth-order valence-corrected chi connectivity index (χ4v) is 6.27. The highest BCUT2D eigenvalue weighted by Gasteiger charge is 2.31. The van der Waals surface area contributed by atoms with Crippen LogP contribution in [0, 0.1) is 0 Å². The van der Waals surface area contributed by atoms with Crippen LogP contribution in [0.5, 0.6) is 5.75 Å². The minimum absolute atomic E-state index is 0.0177. The maximum atomic E-state index is 13.7. The van der Waals surface area contributed by atoms with Crippen LogP contribution in [0.3, 0.4) is 0 Å². The molecule has 0 saturated carbocycles. The number of piperazine rings is 1. The highest BCUT2D eigenvalue weighted by Crippen LogP contribution is 2.29. The Morgan fingerprint density at radius 2 is 1.40 bits per heavy atom. The van der Waals surface area contributed by atoms with Crippen LogP contribution < -0.4 is 13.9 Å². The summed E-state index contributed by atoms with van der Waals surface area (Å²) in [6.45, 7) is 2.20. The van der Waals surface area contributed by atoms with Crippen LogP contribution in [0.25, 0.3) is 0 Å². The van der Waals surface area contributed by atoms with Crippen LogP contribution in [-0.2, 0) is 16.6 Å². The summed E-state index contributed by atoms with van der Waals surface area (Å²) < 4.78 is 70.9. The van der Waals surface area contributed by atoms with Crippen molar-refractivity contribution < 1.29 is 31.1 Å². The van der Waals surface area contributed by atoms with E-state index in [4.69, 9.17) is 0 Å². The van der Waals surface area contributed by atoms with Crippen molar-refractivity contribution in [1.82, 2.24) is 4.90 Å². The molecule has 42 heavy (non-hydrogen) atoms. The Hall–Kier alpha value is -4.51. The summed E-state index contributed by atoms with van der Waals surface area (Å²) in [4.78, 5) is 17.3. The number of hydrogen-bond donors (Lipinski definition) is 0. The van der Waals surface area contributed by atoms with Gasteiger partial charge in [-0.3, -0.25) is 9.10 Å². The van der Waals surface area contributed by atoms with Crippen molar-refractivity contribution in [3.8, 4) is 5.75 Å². The highest BCUT2D eigenvalue weighted by atomic mass is 32.2. The molecule has 0 spiro atoms. The molecule has 4 aromatic rings. The average molecular weight is 596 g/mol. The lowest BCUT2D eigenvalue weighted by Crippen LogP contribution is -2.48. The Morgan fingerprint density at radius 1 is 0.786 bits per heavy atom. The Morgan fingerprint density at radius 3 is 2.02 bits per heavy atom. The molecule has 1 heterocycles. The Kier molecular flexibility index (Phi) is 8.39. The summed E-state index contributed by atoms with van der Waals surface area (Å²) in [5.41, 5.74) is 2.05. The van der Waals surface area contributed by atoms with E-state index in [9.17, 15) is 26.4 Å². The van der Waals surface area contributed by atoms with Crippen molar-refractivity contribution in [3.63, 3.8) is 0 Å². The first-order valence-electron chi connectivity index (χ1n) is 13.2. The summed E-state index contributed by atoms with van der Waals surface area (Å²) in [6.07, 6.45) is -4.88. The Bertz CT molecular complexity index is 1610. The minimum atomic E-state index is -4.88. The standard InChI is InChI=1S/C31H28F3N3O4S/c32-31(33,34)41-28-11-7-8-24(22-28)23-37(42(39,40)29-12-5-2-6-13-29)27-16-14-25(15-17-27)30(38)36-20-18-35(19-21-36)26-9-3-1-4-10-26/h1-17,22H,18-21,23H2. The number of amides is 1. The van der Waals surface area contributed by atoms with Crippen LogP contribution in [0.1, 0.15) is 15.9 Å². The van der Waals surface area contributed by atoms with E-state index >= 15 is 0 Å².